The van der Waals surface area contributed by atoms with Crippen molar-refractivity contribution in [2.45, 2.75) is 19.3 Å². The Bertz CT molecular complexity index is 780. The predicted octanol–water partition coefficient (Wildman–Crippen LogP) is 4.34. The van der Waals surface area contributed by atoms with Crippen LogP contribution in [-0.4, -0.2) is 17.8 Å². The van der Waals surface area contributed by atoms with Crippen LogP contribution in [0.1, 0.15) is 29.8 Å². The number of benzene rings is 1. The van der Waals surface area contributed by atoms with E-state index in [-0.39, 0.29) is 11.2 Å². The van der Waals surface area contributed by atoms with Crippen molar-refractivity contribution < 1.29 is 4.79 Å². The van der Waals surface area contributed by atoms with Crippen molar-refractivity contribution >= 4 is 27.4 Å². The maximum absolute atomic E-state index is 12.6. The third-order valence-corrected chi connectivity index (χ3v) is 4.63. The summed E-state index contributed by atoms with van der Waals surface area (Å²) in [4.78, 5) is 18.7. The number of hydrogen-bond acceptors (Lipinski definition) is 3. The third kappa shape index (κ3) is 2.37. The minimum absolute atomic E-state index is 0.0310. The number of nitrogens with zero attached hydrogens (tertiary/aromatic N) is 2. The van der Waals surface area contributed by atoms with Gasteiger partial charge in [-0.25, -0.2) is 0 Å². The number of para-hydroxylation sites is 1. The molecule has 1 aliphatic heterocycles. The first-order valence-corrected chi connectivity index (χ1v) is 7.91. The number of halogens is 1. The second-order valence-corrected chi connectivity index (χ2v) is 6.90. The fourth-order valence-corrected chi connectivity index (χ4v) is 3.38. The number of pyridine rings is 1. The van der Waals surface area contributed by atoms with Crippen molar-refractivity contribution in [3.05, 3.63) is 70.1 Å². The van der Waals surface area contributed by atoms with Gasteiger partial charge >= 0.3 is 0 Å². The molecule has 0 spiro atoms. The van der Waals surface area contributed by atoms with Crippen LogP contribution in [0.5, 0.6) is 0 Å². The number of fused-ring (bicyclic) bond motifs is 1. The molecule has 1 aromatic carbocycles. The van der Waals surface area contributed by atoms with Crippen molar-refractivity contribution in [1.29, 1.82) is 0 Å². The summed E-state index contributed by atoms with van der Waals surface area (Å²) in [5.74, 6) is -0.0310. The molecular formula is C18H17BrN2O. The van der Waals surface area contributed by atoms with E-state index < -0.39 is 0 Å². The van der Waals surface area contributed by atoms with Gasteiger partial charge in [-0.05, 0) is 33.6 Å². The highest BCUT2D eigenvalue weighted by Gasteiger charge is 2.38. The Morgan fingerprint density at radius 2 is 2.00 bits per heavy atom. The molecule has 0 radical (unpaired) electrons. The van der Waals surface area contributed by atoms with Gasteiger partial charge in [-0.3, -0.25) is 9.78 Å². The molecule has 1 aliphatic rings. The number of aromatic nitrogens is 1. The van der Waals surface area contributed by atoms with E-state index in [1.54, 1.807) is 24.5 Å². The molecule has 0 amide bonds. The van der Waals surface area contributed by atoms with Crippen LogP contribution in [0.3, 0.4) is 0 Å². The molecule has 3 nitrogen and oxygen atoms in total. The molecule has 0 bridgehead atoms. The van der Waals surface area contributed by atoms with Crippen LogP contribution < -0.4 is 4.90 Å². The Morgan fingerprint density at radius 1 is 1.27 bits per heavy atom. The van der Waals surface area contributed by atoms with Crippen molar-refractivity contribution in [2.75, 3.05) is 11.9 Å². The van der Waals surface area contributed by atoms with Gasteiger partial charge < -0.3 is 4.90 Å². The minimum atomic E-state index is -0.194. The molecule has 22 heavy (non-hydrogen) atoms. The van der Waals surface area contributed by atoms with Crippen LogP contribution in [0, 0.1) is 0 Å². The lowest BCUT2D eigenvalue weighted by atomic mass is 9.83. The monoisotopic (exact) mass is 356 g/mol. The summed E-state index contributed by atoms with van der Waals surface area (Å²) in [7, 11) is 2.01. The van der Waals surface area contributed by atoms with E-state index in [1.165, 1.54) is 5.56 Å². The van der Waals surface area contributed by atoms with Crippen molar-refractivity contribution in [3.8, 4) is 0 Å². The lowest BCUT2D eigenvalue weighted by Crippen LogP contribution is -2.24. The number of anilines is 1. The summed E-state index contributed by atoms with van der Waals surface area (Å²) in [5, 5.41) is 0. The quantitative estimate of drug-likeness (QED) is 0.592. The maximum Gasteiger partial charge on any atom is 0.189 e. The Labute approximate surface area is 138 Å². The van der Waals surface area contributed by atoms with Crippen LogP contribution in [0.25, 0.3) is 0 Å². The SMILES string of the molecule is CN1C(=CC(=O)c2cncc(Br)c2)C(C)(C)c2ccccc21. The Kier molecular flexibility index (Phi) is 3.65. The van der Waals surface area contributed by atoms with E-state index in [4.69, 9.17) is 0 Å². The normalized spacial score (nSPS) is 17.6. The molecule has 0 N–H and O–H groups in total. The molecule has 112 valence electrons. The van der Waals surface area contributed by atoms with E-state index in [9.17, 15) is 4.79 Å². The Hall–Kier alpha value is -1.94. The summed E-state index contributed by atoms with van der Waals surface area (Å²) in [5.41, 5.74) is 3.78. The van der Waals surface area contributed by atoms with Crippen LogP contribution in [-0.2, 0) is 5.41 Å². The zero-order valence-electron chi connectivity index (χ0n) is 12.8. The zero-order chi connectivity index (χ0) is 15.9. The summed E-state index contributed by atoms with van der Waals surface area (Å²) in [6.07, 6.45) is 4.99. The molecule has 0 atom stereocenters. The van der Waals surface area contributed by atoms with E-state index in [0.29, 0.717) is 5.56 Å². The van der Waals surface area contributed by atoms with Gasteiger partial charge in [-0.15, -0.1) is 0 Å². The van der Waals surface area contributed by atoms with E-state index >= 15 is 0 Å². The van der Waals surface area contributed by atoms with Crippen LogP contribution >= 0.6 is 15.9 Å². The second-order valence-electron chi connectivity index (χ2n) is 5.99. The van der Waals surface area contributed by atoms with Gasteiger partial charge in [0.15, 0.2) is 5.78 Å². The van der Waals surface area contributed by atoms with Gasteiger partial charge in [0.1, 0.15) is 0 Å². The number of carbonyl (C=O) groups is 1. The first-order valence-electron chi connectivity index (χ1n) is 7.11. The number of rotatable bonds is 2. The number of allylic oxidation sites excluding steroid dienone is 2. The van der Waals surface area contributed by atoms with Crippen molar-refractivity contribution in [1.82, 2.24) is 4.98 Å². The predicted molar refractivity (Wildman–Crippen MR) is 92.2 cm³/mol. The van der Waals surface area contributed by atoms with Gasteiger partial charge in [-0.2, -0.15) is 0 Å². The lowest BCUT2D eigenvalue weighted by molar-refractivity contribution is 0.104. The van der Waals surface area contributed by atoms with E-state index in [1.807, 2.05) is 19.2 Å². The molecule has 4 heteroatoms. The summed E-state index contributed by atoms with van der Waals surface area (Å²) < 4.78 is 0.805. The average molecular weight is 357 g/mol. The minimum Gasteiger partial charge on any atom is -0.347 e. The summed E-state index contributed by atoms with van der Waals surface area (Å²) in [6, 6.07) is 10.1. The van der Waals surface area contributed by atoms with Crippen molar-refractivity contribution in [3.63, 3.8) is 0 Å². The Balaban J connectivity index is 2.04. The van der Waals surface area contributed by atoms with Crippen molar-refractivity contribution in [2.24, 2.45) is 0 Å². The highest BCUT2D eigenvalue weighted by atomic mass is 79.9. The number of ketones is 1. The van der Waals surface area contributed by atoms with Crippen LogP contribution in [0.2, 0.25) is 0 Å². The van der Waals surface area contributed by atoms with Gasteiger partial charge in [0.05, 0.1) is 0 Å². The van der Waals surface area contributed by atoms with E-state index in [0.717, 1.165) is 15.9 Å². The number of carbonyl (C=O) groups excluding carboxylic acids is 1. The first-order chi connectivity index (χ1) is 10.4. The third-order valence-electron chi connectivity index (χ3n) is 4.20. The molecule has 3 rings (SSSR count). The van der Waals surface area contributed by atoms with E-state index in [2.05, 4.69) is 51.8 Å². The molecule has 2 heterocycles. The molecule has 0 saturated carbocycles. The highest BCUT2D eigenvalue weighted by Crippen LogP contribution is 2.46. The molecule has 0 aliphatic carbocycles. The van der Waals surface area contributed by atoms with Gasteiger partial charge in [0.25, 0.3) is 0 Å². The van der Waals surface area contributed by atoms with Gasteiger partial charge in [0.2, 0.25) is 0 Å². The van der Waals surface area contributed by atoms with Gasteiger partial charge in [0, 0.05) is 52.4 Å². The lowest BCUT2D eigenvalue weighted by Gasteiger charge is -2.23. The maximum atomic E-state index is 12.6. The number of likely N-dealkylation sites (N-methyl/N-ethyl adjacent to an activating group) is 1. The first kappa shape index (κ1) is 15.0. The zero-order valence-corrected chi connectivity index (χ0v) is 14.4. The summed E-state index contributed by atoms with van der Waals surface area (Å²) in [6.45, 7) is 4.29. The van der Waals surface area contributed by atoms with Gasteiger partial charge in [-0.1, -0.05) is 32.0 Å². The standard InChI is InChI=1S/C18H17BrN2O/c1-18(2)14-6-4-5-7-15(14)21(3)17(18)9-16(22)12-8-13(19)11-20-10-12/h4-11H,1-3H3. The number of hydrogen-bond donors (Lipinski definition) is 0. The second kappa shape index (κ2) is 5.36. The largest absolute Gasteiger partial charge is 0.347 e. The highest BCUT2D eigenvalue weighted by molar-refractivity contribution is 9.10. The Morgan fingerprint density at radius 3 is 2.68 bits per heavy atom. The molecule has 1 aromatic heterocycles. The topological polar surface area (TPSA) is 33.2 Å². The molecule has 0 saturated heterocycles. The summed E-state index contributed by atoms with van der Waals surface area (Å²) >= 11 is 3.35. The molecule has 2 aromatic rings. The molecule has 0 fully saturated rings. The molecular weight excluding hydrogens is 340 g/mol. The fraction of sp³-hybridized carbons (Fsp3) is 0.222. The fourth-order valence-electron chi connectivity index (χ4n) is 3.01. The smallest absolute Gasteiger partial charge is 0.189 e. The van der Waals surface area contributed by atoms with Crippen LogP contribution in [0.4, 0.5) is 5.69 Å². The average Bonchev–Trinajstić information content (AvgIpc) is 2.69. The van der Waals surface area contributed by atoms with Crippen LogP contribution in [0.15, 0.2) is 59.0 Å². The molecule has 0 unspecified atom stereocenters.